The van der Waals surface area contributed by atoms with Crippen LogP contribution in [-0.2, 0) is 13.1 Å². The van der Waals surface area contributed by atoms with Crippen LogP contribution < -0.4 is 5.32 Å². The predicted molar refractivity (Wildman–Crippen MR) is 75.1 cm³/mol. The Labute approximate surface area is 116 Å². The lowest BCUT2D eigenvalue weighted by Gasteiger charge is -2.06. The SMILES string of the molecule is Oc1ccc(CNCc2ccc(Cl)cc2)cc1Cl. The van der Waals surface area contributed by atoms with Gasteiger partial charge in [0.05, 0.1) is 5.02 Å². The zero-order valence-electron chi connectivity index (χ0n) is 9.66. The molecular formula is C14H13Cl2NO. The van der Waals surface area contributed by atoms with E-state index in [1.807, 2.05) is 30.3 Å². The third-order valence-electron chi connectivity index (χ3n) is 2.58. The molecule has 0 fully saturated rings. The van der Waals surface area contributed by atoms with Gasteiger partial charge in [-0.1, -0.05) is 41.4 Å². The molecule has 0 aliphatic rings. The standard InChI is InChI=1S/C14H13Cl2NO/c15-12-4-1-10(2-5-12)8-17-9-11-3-6-14(18)13(16)7-11/h1-7,17-18H,8-9H2. The van der Waals surface area contributed by atoms with Crippen LogP contribution >= 0.6 is 23.2 Å². The van der Waals surface area contributed by atoms with Gasteiger partial charge in [0.1, 0.15) is 5.75 Å². The van der Waals surface area contributed by atoms with Gasteiger partial charge in [-0.05, 0) is 35.4 Å². The van der Waals surface area contributed by atoms with Crippen molar-refractivity contribution in [3.05, 3.63) is 63.6 Å². The Bertz CT molecular complexity index is 526. The van der Waals surface area contributed by atoms with Crippen molar-refractivity contribution in [1.29, 1.82) is 0 Å². The first-order chi connectivity index (χ1) is 8.65. The summed E-state index contributed by atoms with van der Waals surface area (Å²) in [4.78, 5) is 0. The Kier molecular flexibility index (Phi) is 4.48. The summed E-state index contributed by atoms with van der Waals surface area (Å²) >= 11 is 11.6. The first-order valence-corrected chi connectivity index (χ1v) is 6.33. The van der Waals surface area contributed by atoms with Crippen LogP contribution in [0.1, 0.15) is 11.1 Å². The summed E-state index contributed by atoms with van der Waals surface area (Å²) in [5.41, 5.74) is 2.20. The first kappa shape index (κ1) is 13.2. The maximum atomic E-state index is 9.31. The maximum Gasteiger partial charge on any atom is 0.134 e. The Hall–Kier alpha value is -1.22. The minimum absolute atomic E-state index is 0.109. The molecule has 2 rings (SSSR count). The summed E-state index contributed by atoms with van der Waals surface area (Å²) < 4.78 is 0. The fourth-order valence-corrected chi connectivity index (χ4v) is 1.94. The number of benzene rings is 2. The van der Waals surface area contributed by atoms with E-state index in [0.717, 1.165) is 17.1 Å². The van der Waals surface area contributed by atoms with Crippen molar-refractivity contribution in [3.8, 4) is 5.75 Å². The molecule has 0 saturated heterocycles. The monoisotopic (exact) mass is 281 g/mol. The third-order valence-corrected chi connectivity index (χ3v) is 3.14. The van der Waals surface area contributed by atoms with Crippen LogP contribution in [0.15, 0.2) is 42.5 Å². The van der Waals surface area contributed by atoms with Crippen LogP contribution in [0.4, 0.5) is 0 Å². The molecule has 18 heavy (non-hydrogen) atoms. The fourth-order valence-electron chi connectivity index (χ4n) is 1.61. The van der Waals surface area contributed by atoms with E-state index in [1.165, 1.54) is 5.56 Å². The number of aromatic hydroxyl groups is 1. The number of nitrogens with one attached hydrogen (secondary N) is 1. The normalized spacial score (nSPS) is 10.6. The van der Waals surface area contributed by atoms with E-state index in [0.29, 0.717) is 11.6 Å². The van der Waals surface area contributed by atoms with Gasteiger partial charge in [-0.2, -0.15) is 0 Å². The van der Waals surface area contributed by atoms with Gasteiger partial charge in [-0.3, -0.25) is 0 Å². The van der Waals surface area contributed by atoms with Gasteiger partial charge < -0.3 is 10.4 Å². The van der Waals surface area contributed by atoms with Gasteiger partial charge in [-0.15, -0.1) is 0 Å². The van der Waals surface area contributed by atoms with Crippen LogP contribution in [0.5, 0.6) is 5.75 Å². The maximum absolute atomic E-state index is 9.31. The second kappa shape index (κ2) is 6.10. The summed E-state index contributed by atoms with van der Waals surface area (Å²) in [6.07, 6.45) is 0. The smallest absolute Gasteiger partial charge is 0.134 e. The zero-order chi connectivity index (χ0) is 13.0. The lowest BCUT2D eigenvalue weighted by Crippen LogP contribution is -2.12. The van der Waals surface area contributed by atoms with E-state index in [2.05, 4.69) is 5.32 Å². The molecule has 0 spiro atoms. The number of halogens is 2. The van der Waals surface area contributed by atoms with Crippen LogP contribution in [-0.4, -0.2) is 5.11 Å². The molecule has 2 aromatic carbocycles. The molecule has 4 heteroatoms. The van der Waals surface area contributed by atoms with E-state index in [-0.39, 0.29) is 5.75 Å². The van der Waals surface area contributed by atoms with Gasteiger partial charge in [0, 0.05) is 18.1 Å². The molecule has 0 aromatic heterocycles. The Balaban J connectivity index is 1.88. The molecule has 0 bridgehead atoms. The summed E-state index contributed by atoms with van der Waals surface area (Å²) in [5.74, 6) is 0.109. The van der Waals surface area contributed by atoms with Crippen molar-refractivity contribution in [2.45, 2.75) is 13.1 Å². The highest BCUT2D eigenvalue weighted by atomic mass is 35.5. The lowest BCUT2D eigenvalue weighted by molar-refractivity contribution is 0.475. The van der Waals surface area contributed by atoms with Crippen LogP contribution in [0.3, 0.4) is 0 Å². The zero-order valence-corrected chi connectivity index (χ0v) is 11.2. The third kappa shape index (κ3) is 3.64. The lowest BCUT2D eigenvalue weighted by atomic mass is 10.2. The molecule has 0 atom stereocenters. The molecule has 0 radical (unpaired) electrons. The number of rotatable bonds is 4. The average molecular weight is 282 g/mol. The molecule has 2 N–H and O–H groups in total. The molecule has 0 amide bonds. The molecule has 0 saturated carbocycles. The Morgan fingerprint density at radius 2 is 1.50 bits per heavy atom. The number of phenolic OH excluding ortho intramolecular Hbond substituents is 1. The topological polar surface area (TPSA) is 32.3 Å². The van der Waals surface area contributed by atoms with Gasteiger partial charge in [0.2, 0.25) is 0 Å². The van der Waals surface area contributed by atoms with Gasteiger partial charge in [0.25, 0.3) is 0 Å². The van der Waals surface area contributed by atoms with Crippen molar-refractivity contribution in [2.75, 3.05) is 0 Å². The van der Waals surface area contributed by atoms with E-state index in [4.69, 9.17) is 23.2 Å². The molecular weight excluding hydrogens is 269 g/mol. The molecule has 94 valence electrons. The van der Waals surface area contributed by atoms with Crippen LogP contribution in [0.2, 0.25) is 10.0 Å². The Morgan fingerprint density at radius 1 is 0.889 bits per heavy atom. The van der Waals surface area contributed by atoms with Crippen molar-refractivity contribution in [2.24, 2.45) is 0 Å². The van der Waals surface area contributed by atoms with Gasteiger partial charge in [-0.25, -0.2) is 0 Å². The van der Waals surface area contributed by atoms with Crippen molar-refractivity contribution in [3.63, 3.8) is 0 Å². The van der Waals surface area contributed by atoms with Crippen LogP contribution in [0.25, 0.3) is 0 Å². The number of phenols is 1. The Morgan fingerprint density at radius 3 is 2.17 bits per heavy atom. The highest BCUT2D eigenvalue weighted by Gasteiger charge is 2.00. The van der Waals surface area contributed by atoms with Crippen molar-refractivity contribution in [1.82, 2.24) is 5.32 Å². The predicted octanol–water partition coefficient (Wildman–Crippen LogP) is 3.99. The summed E-state index contributed by atoms with van der Waals surface area (Å²) in [7, 11) is 0. The van der Waals surface area contributed by atoms with Gasteiger partial charge in [0.15, 0.2) is 0 Å². The summed E-state index contributed by atoms with van der Waals surface area (Å²) in [6, 6.07) is 12.9. The largest absolute Gasteiger partial charge is 0.506 e. The fraction of sp³-hybridized carbons (Fsp3) is 0.143. The first-order valence-electron chi connectivity index (χ1n) is 5.58. The average Bonchev–Trinajstić information content (AvgIpc) is 2.36. The van der Waals surface area contributed by atoms with Crippen molar-refractivity contribution >= 4 is 23.2 Å². The van der Waals surface area contributed by atoms with Gasteiger partial charge >= 0.3 is 0 Å². The van der Waals surface area contributed by atoms with Crippen molar-refractivity contribution < 1.29 is 5.11 Å². The van der Waals surface area contributed by atoms with Crippen LogP contribution in [0, 0.1) is 0 Å². The molecule has 0 aliphatic heterocycles. The minimum Gasteiger partial charge on any atom is -0.506 e. The molecule has 0 heterocycles. The molecule has 0 aliphatic carbocycles. The van der Waals surface area contributed by atoms with E-state index in [1.54, 1.807) is 12.1 Å². The molecule has 2 nitrogen and oxygen atoms in total. The molecule has 2 aromatic rings. The second-order valence-electron chi connectivity index (χ2n) is 4.02. The second-order valence-corrected chi connectivity index (χ2v) is 4.86. The summed E-state index contributed by atoms with van der Waals surface area (Å²) in [6.45, 7) is 1.46. The summed E-state index contributed by atoms with van der Waals surface area (Å²) in [5, 5.41) is 13.7. The van der Waals surface area contributed by atoms with E-state index in [9.17, 15) is 5.11 Å². The highest BCUT2D eigenvalue weighted by Crippen LogP contribution is 2.23. The quantitative estimate of drug-likeness (QED) is 0.888. The van der Waals surface area contributed by atoms with E-state index >= 15 is 0 Å². The highest BCUT2D eigenvalue weighted by molar-refractivity contribution is 6.32. The van der Waals surface area contributed by atoms with E-state index < -0.39 is 0 Å². The number of hydrogen-bond donors (Lipinski definition) is 2. The minimum atomic E-state index is 0.109. The molecule has 0 unspecified atom stereocenters. The number of hydrogen-bond acceptors (Lipinski definition) is 2.